The molecule has 0 atom stereocenters. The number of hydrogen-bond donors (Lipinski definition) is 1. The Morgan fingerprint density at radius 1 is 0.778 bits per heavy atom. The summed E-state index contributed by atoms with van der Waals surface area (Å²) in [5, 5.41) is 6.76. The van der Waals surface area contributed by atoms with E-state index in [1.807, 2.05) is 0 Å². The smallest absolute Gasteiger partial charge is 1.00 e. The number of carbonyl (C=O) groups excluding carboxylic acids is 6. The molecule has 0 heterocycles. The predicted octanol–water partition coefficient (Wildman–Crippen LogP) is -4.40. The van der Waals surface area contributed by atoms with Gasteiger partial charge in [-0.3, -0.25) is 0 Å². The molecule has 0 aromatic heterocycles. The third-order valence-electron chi connectivity index (χ3n) is 0. The standard InChI is InChI=1S/CHO2.3CO2.CH4.2Ca.O2S.2O2.4H2O.H2S.2H2.2H/c4*2-1-3;;;;1-3-2;2*1-2;;;;;;;;;/h(H,2,3);;;;1H4;;;;;;5*1H2;2*1H;;/q-1;;;;;2*+2;;;;;;;;;;;2*-1/p+1. The van der Waals surface area contributed by atoms with Gasteiger partial charge in [0, 0.05) is 22.7 Å². The van der Waals surface area contributed by atoms with Gasteiger partial charge in [-0.1, -0.05) is 13.9 Å². The van der Waals surface area contributed by atoms with Crippen LogP contribution in [0.15, 0.2) is 0 Å². The number of hydrogen-bond acceptors (Lipinski definition) is 14. The molecule has 0 aliphatic heterocycles. The Labute approximate surface area is 228 Å². The first-order valence-electron chi connectivity index (χ1n) is 2.32. The summed E-state index contributed by atoms with van der Waals surface area (Å²) in [4.78, 5) is 85.0. The molecule has 0 aliphatic rings. The quantitative estimate of drug-likeness (QED) is 0.235. The normalized spacial score (nSPS) is 2.07. The molecular formula is C5H22Ca2O18S2+2. The molecule has 0 amide bonds. The molecule has 0 fully saturated rings. The maximum atomic E-state index is 8.29. The summed E-state index contributed by atoms with van der Waals surface area (Å²) in [5.74, 6) is 0. The fraction of sp³-hybridized carbons (Fsp3) is 0.200. The monoisotopic (exact) mass is 514 g/mol. The van der Waals surface area contributed by atoms with Crippen molar-refractivity contribution < 1.29 is 77.6 Å². The van der Waals surface area contributed by atoms with Crippen LogP contribution in [-0.4, -0.2) is 136 Å². The van der Waals surface area contributed by atoms with E-state index < -0.39 is 11.6 Å². The SMILES string of the molecule is C.O.O.O.O=C=O.O=C=O.O=C=O.O=O.O=O.O=S=O.O=[C-]O.S.[Ca+2].[Ca+2].[H+].[H+].[H-].[H-].[HH].[HH].[OH-]. The summed E-state index contributed by atoms with van der Waals surface area (Å²) in [5.41, 5.74) is 0. The average Bonchev–Trinajstić information content (AvgIpc) is 2.38. The molecule has 0 aromatic carbocycles. The van der Waals surface area contributed by atoms with Crippen LogP contribution < -0.4 is 0 Å². The summed E-state index contributed by atoms with van der Waals surface area (Å²) in [6, 6.07) is 0. The minimum absolute atomic E-state index is 0. The van der Waals surface area contributed by atoms with Crippen LogP contribution >= 0.6 is 13.5 Å². The van der Waals surface area contributed by atoms with E-state index in [0.29, 0.717) is 6.47 Å². The van der Waals surface area contributed by atoms with E-state index in [2.05, 4.69) is 0 Å². The second-order valence-corrected chi connectivity index (χ2v) is 0.545. The van der Waals surface area contributed by atoms with Gasteiger partial charge in [0.1, 0.15) is 0 Å². The third kappa shape index (κ3) is 31600. The van der Waals surface area contributed by atoms with E-state index in [0.717, 1.165) is 0 Å². The van der Waals surface area contributed by atoms with Gasteiger partial charge in [-0.15, -0.1) is 0 Å². The second-order valence-electron chi connectivity index (χ2n) is 0.409. The molecule has 0 radical (unpaired) electrons. The largest absolute Gasteiger partial charge is 2.00 e. The fourth-order valence-corrected chi connectivity index (χ4v) is 0. The van der Waals surface area contributed by atoms with Crippen LogP contribution in [0.4, 0.5) is 0 Å². The molecule has 22 heteroatoms. The van der Waals surface area contributed by atoms with Gasteiger partial charge < -0.3 is 34.7 Å². The van der Waals surface area contributed by atoms with Gasteiger partial charge in [0.15, 0.2) is 0 Å². The summed E-state index contributed by atoms with van der Waals surface area (Å²) in [6.07, 6.45) is 0.750. The number of aliphatic hydroxyl groups excluding tert-OH is 1. The molecule has 0 unspecified atom stereocenters. The first-order valence-corrected chi connectivity index (χ1v) is 2.99. The van der Waals surface area contributed by atoms with Crippen LogP contribution in [0.25, 0.3) is 0 Å². The maximum Gasteiger partial charge on any atom is 2.00 e. The summed E-state index contributed by atoms with van der Waals surface area (Å²) in [6.45, 7) is 0.500. The zero-order valence-electron chi connectivity index (χ0n) is 16.0. The zero-order chi connectivity index (χ0) is 17.5. The predicted molar refractivity (Wildman–Crippen MR) is 95.8 cm³/mol. The molecule has 0 aromatic rings. The minimum Gasteiger partial charge on any atom is -1.00 e. The van der Waals surface area contributed by atoms with Crippen molar-refractivity contribution in [1.82, 2.24) is 0 Å². The Kier molecular flexibility index (Phi) is 3880. The maximum absolute atomic E-state index is 8.29. The van der Waals surface area contributed by atoms with Crippen molar-refractivity contribution in [2.75, 3.05) is 0 Å². The molecule has 0 saturated heterocycles. The van der Waals surface area contributed by atoms with Crippen LogP contribution in [0.5, 0.6) is 0 Å². The van der Waals surface area contributed by atoms with Gasteiger partial charge in [-0.2, -0.15) is 50.7 Å². The van der Waals surface area contributed by atoms with Crippen molar-refractivity contribution in [3.8, 4) is 0 Å². The minimum atomic E-state index is -0.750. The van der Waals surface area contributed by atoms with Crippen molar-refractivity contribution in [2.24, 2.45) is 0 Å². The van der Waals surface area contributed by atoms with Crippen LogP contribution in [0, 0.1) is 19.9 Å². The molecule has 0 spiro atoms. The molecular weight excluding hydrogens is 492 g/mol. The van der Waals surface area contributed by atoms with E-state index in [9.17, 15) is 0 Å². The van der Waals surface area contributed by atoms with Crippen LogP contribution in [0.3, 0.4) is 0 Å². The van der Waals surface area contributed by atoms with Gasteiger partial charge in [0.05, 0.1) is 0 Å². The molecule has 0 saturated carbocycles. The van der Waals surface area contributed by atoms with E-state index in [1.165, 1.54) is 0 Å². The van der Waals surface area contributed by atoms with Crippen LogP contribution in [0.1, 0.15) is 16.0 Å². The van der Waals surface area contributed by atoms with Gasteiger partial charge in [0.25, 0.3) is 0 Å². The first kappa shape index (κ1) is 132. The summed E-state index contributed by atoms with van der Waals surface area (Å²) >= 11 is -0.750. The number of rotatable bonds is 0. The Bertz CT molecular complexity index is 250. The Morgan fingerprint density at radius 3 is 0.778 bits per heavy atom. The van der Waals surface area contributed by atoms with Crippen LogP contribution in [0.2, 0.25) is 0 Å². The summed E-state index contributed by atoms with van der Waals surface area (Å²) < 4.78 is 16.6. The van der Waals surface area contributed by atoms with E-state index >= 15 is 0 Å². The van der Waals surface area contributed by atoms with Gasteiger partial charge in [-0.25, -0.2) is 0 Å². The van der Waals surface area contributed by atoms with Gasteiger partial charge in [-0.05, 0) is 0 Å². The van der Waals surface area contributed by atoms with E-state index in [1.54, 1.807) is 0 Å². The van der Waals surface area contributed by atoms with Crippen LogP contribution in [-0.2, 0) is 45.1 Å². The molecule has 164 valence electrons. The molecule has 0 aliphatic carbocycles. The Hall–Kier alpha value is -0.661. The van der Waals surface area contributed by atoms with Crippen molar-refractivity contribution in [3.63, 3.8) is 0 Å². The van der Waals surface area contributed by atoms with Crippen molar-refractivity contribution >= 4 is 125 Å². The first-order chi connectivity index (χ1) is 9.07. The molecule has 27 heavy (non-hydrogen) atoms. The van der Waals surface area contributed by atoms with Crippen molar-refractivity contribution in [1.29, 1.82) is 0 Å². The summed E-state index contributed by atoms with van der Waals surface area (Å²) in [7, 11) is 0. The van der Waals surface area contributed by atoms with Gasteiger partial charge >= 0.3 is 108 Å². The van der Waals surface area contributed by atoms with E-state index in [4.69, 9.17) is 66.9 Å². The zero-order valence-corrected chi connectivity index (χ0v) is 18.3. The average molecular weight is 515 g/mol. The topological polar surface area (TPSA) is 367 Å². The van der Waals surface area contributed by atoms with E-state index in [-0.39, 0.29) is 145 Å². The van der Waals surface area contributed by atoms with Crippen molar-refractivity contribution in [3.05, 3.63) is 19.9 Å². The molecule has 18 nitrogen and oxygen atoms in total. The Morgan fingerprint density at radius 2 is 0.778 bits per heavy atom. The fourth-order valence-electron chi connectivity index (χ4n) is 0. The molecule has 0 rings (SSSR count). The molecule has 0 bridgehead atoms. The van der Waals surface area contributed by atoms with Crippen molar-refractivity contribution in [2.45, 2.75) is 7.43 Å². The Balaban J connectivity index is -0.00000000251. The molecule has 8 N–H and O–H groups in total. The van der Waals surface area contributed by atoms with Gasteiger partial charge in [0.2, 0.25) is 0 Å². The third-order valence-corrected chi connectivity index (χ3v) is 0. The second kappa shape index (κ2) is 797.